The zero-order valence-electron chi connectivity index (χ0n) is 11.7. The molecule has 2 aromatic rings. The molecule has 0 bridgehead atoms. The van der Waals surface area contributed by atoms with Gasteiger partial charge >= 0.3 is 0 Å². The van der Waals surface area contributed by atoms with E-state index in [0.29, 0.717) is 0 Å². The molecule has 0 aliphatic heterocycles. The molecule has 0 spiro atoms. The van der Waals surface area contributed by atoms with Crippen molar-refractivity contribution in [3.05, 3.63) is 47.8 Å². The van der Waals surface area contributed by atoms with Crippen molar-refractivity contribution < 1.29 is 4.74 Å². The van der Waals surface area contributed by atoms with Crippen LogP contribution in [0.15, 0.2) is 36.7 Å². The summed E-state index contributed by atoms with van der Waals surface area (Å²) in [5.41, 5.74) is 3.30. The highest BCUT2D eigenvalue weighted by atomic mass is 16.5. The summed E-state index contributed by atoms with van der Waals surface area (Å²) in [5.74, 6) is 1.64. The van der Waals surface area contributed by atoms with Gasteiger partial charge in [-0.1, -0.05) is 19.1 Å². The maximum absolute atomic E-state index is 5.91. The van der Waals surface area contributed by atoms with Crippen molar-refractivity contribution in [2.45, 2.75) is 27.2 Å². The Morgan fingerprint density at radius 1 is 1.16 bits per heavy atom. The lowest BCUT2D eigenvalue weighted by atomic mass is 10.1. The first-order chi connectivity index (χ1) is 9.19. The zero-order chi connectivity index (χ0) is 13.7. The van der Waals surface area contributed by atoms with Crippen LogP contribution in [-0.2, 0) is 0 Å². The van der Waals surface area contributed by atoms with Crippen LogP contribution >= 0.6 is 0 Å². The summed E-state index contributed by atoms with van der Waals surface area (Å²) in [4.78, 5) is 4.20. The van der Waals surface area contributed by atoms with Crippen LogP contribution in [-0.4, -0.2) is 11.5 Å². The number of nitrogens with one attached hydrogen (secondary N) is 1. The highest BCUT2D eigenvalue weighted by Gasteiger charge is 2.03. The SMILES string of the molecule is CCCNc1cncc(Oc2cc(C)ccc2C)c1. The molecule has 0 fully saturated rings. The second-order valence-corrected chi connectivity index (χ2v) is 4.71. The van der Waals surface area contributed by atoms with Crippen LogP contribution in [0.1, 0.15) is 24.5 Å². The number of ether oxygens (including phenoxy) is 1. The van der Waals surface area contributed by atoms with E-state index in [2.05, 4.69) is 36.3 Å². The first-order valence-corrected chi connectivity index (χ1v) is 6.63. The van der Waals surface area contributed by atoms with Gasteiger partial charge in [0, 0.05) is 12.6 Å². The van der Waals surface area contributed by atoms with Gasteiger partial charge in [-0.3, -0.25) is 4.98 Å². The number of anilines is 1. The monoisotopic (exact) mass is 256 g/mol. The second-order valence-electron chi connectivity index (χ2n) is 4.71. The third-order valence-corrected chi connectivity index (χ3v) is 2.86. The number of aryl methyl sites for hydroxylation is 2. The first kappa shape index (κ1) is 13.4. The van der Waals surface area contributed by atoms with Gasteiger partial charge < -0.3 is 10.1 Å². The average molecular weight is 256 g/mol. The second kappa shape index (κ2) is 6.23. The van der Waals surface area contributed by atoms with Gasteiger partial charge in [-0.15, -0.1) is 0 Å². The topological polar surface area (TPSA) is 34.2 Å². The molecule has 1 heterocycles. The molecule has 1 N–H and O–H groups in total. The smallest absolute Gasteiger partial charge is 0.147 e. The van der Waals surface area contributed by atoms with Crippen LogP contribution in [0.2, 0.25) is 0 Å². The van der Waals surface area contributed by atoms with Crippen molar-refractivity contribution in [3.63, 3.8) is 0 Å². The van der Waals surface area contributed by atoms with Crippen molar-refractivity contribution in [2.75, 3.05) is 11.9 Å². The summed E-state index contributed by atoms with van der Waals surface area (Å²) in [5, 5.41) is 3.30. The van der Waals surface area contributed by atoms with E-state index in [-0.39, 0.29) is 0 Å². The molecule has 1 aromatic carbocycles. The van der Waals surface area contributed by atoms with Gasteiger partial charge in [-0.05, 0) is 37.5 Å². The lowest BCUT2D eigenvalue weighted by molar-refractivity contribution is 0.476. The third kappa shape index (κ3) is 3.71. The molecule has 0 radical (unpaired) electrons. The summed E-state index contributed by atoms with van der Waals surface area (Å²) in [7, 11) is 0. The lowest BCUT2D eigenvalue weighted by Gasteiger charge is -2.11. The van der Waals surface area contributed by atoms with Crippen LogP contribution < -0.4 is 10.1 Å². The van der Waals surface area contributed by atoms with Crippen LogP contribution in [0, 0.1) is 13.8 Å². The summed E-state index contributed by atoms with van der Waals surface area (Å²) in [6, 6.07) is 8.17. The normalized spacial score (nSPS) is 10.3. The molecule has 1 aromatic heterocycles. The van der Waals surface area contributed by atoms with Crippen molar-refractivity contribution in [1.82, 2.24) is 4.98 Å². The van der Waals surface area contributed by atoms with Crippen LogP contribution in [0.25, 0.3) is 0 Å². The summed E-state index contributed by atoms with van der Waals surface area (Å²) in [6.45, 7) is 7.18. The summed E-state index contributed by atoms with van der Waals surface area (Å²) >= 11 is 0. The van der Waals surface area contributed by atoms with Gasteiger partial charge in [-0.2, -0.15) is 0 Å². The van der Waals surface area contributed by atoms with E-state index in [1.54, 1.807) is 6.20 Å². The number of rotatable bonds is 5. The Kier molecular flexibility index (Phi) is 4.39. The van der Waals surface area contributed by atoms with E-state index in [4.69, 9.17) is 4.74 Å². The molecule has 0 aliphatic carbocycles. The number of hydrogen-bond acceptors (Lipinski definition) is 3. The number of pyridine rings is 1. The highest BCUT2D eigenvalue weighted by molar-refractivity contribution is 5.47. The van der Waals surface area contributed by atoms with E-state index >= 15 is 0 Å². The van der Waals surface area contributed by atoms with Gasteiger partial charge in [0.2, 0.25) is 0 Å². The predicted molar refractivity (Wildman–Crippen MR) is 79.0 cm³/mol. The van der Waals surface area contributed by atoms with E-state index in [0.717, 1.165) is 35.7 Å². The minimum Gasteiger partial charge on any atom is -0.455 e. The van der Waals surface area contributed by atoms with Crippen LogP contribution in [0.3, 0.4) is 0 Å². The fraction of sp³-hybridized carbons (Fsp3) is 0.312. The molecular weight excluding hydrogens is 236 g/mol. The Balaban J connectivity index is 2.16. The number of benzene rings is 1. The van der Waals surface area contributed by atoms with E-state index in [1.165, 1.54) is 5.56 Å². The summed E-state index contributed by atoms with van der Waals surface area (Å²) in [6.07, 6.45) is 4.63. The van der Waals surface area contributed by atoms with Gasteiger partial charge in [0.15, 0.2) is 0 Å². The molecule has 2 rings (SSSR count). The van der Waals surface area contributed by atoms with Crippen LogP contribution in [0.4, 0.5) is 5.69 Å². The third-order valence-electron chi connectivity index (χ3n) is 2.86. The molecule has 0 saturated heterocycles. The Morgan fingerprint density at radius 2 is 2.00 bits per heavy atom. The predicted octanol–water partition coefficient (Wildman–Crippen LogP) is 4.31. The fourth-order valence-corrected chi connectivity index (χ4v) is 1.78. The minimum absolute atomic E-state index is 0.759. The minimum atomic E-state index is 0.759. The Hall–Kier alpha value is -2.03. The quantitative estimate of drug-likeness (QED) is 0.865. The Morgan fingerprint density at radius 3 is 2.79 bits per heavy atom. The van der Waals surface area contributed by atoms with Gasteiger partial charge in [0.25, 0.3) is 0 Å². The molecular formula is C16H20N2O. The van der Waals surface area contributed by atoms with Crippen molar-refractivity contribution in [3.8, 4) is 11.5 Å². The molecule has 0 amide bonds. The van der Waals surface area contributed by atoms with E-state index in [1.807, 2.05) is 25.3 Å². The molecule has 0 saturated carbocycles. The Bertz CT molecular complexity index is 552. The van der Waals surface area contributed by atoms with E-state index in [9.17, 15) is 0 Å². The van der Waals surface area contributed by atoms with Crippen molar-refractivity contribution >= 4 is 5.69 Å². The number of aromatic nitrogens is 1. The standard InChI is InChI=1S/C16H20N2O/c1-4-7-18-14-9-15(11-17-10-14)19-16-8-12(2)5-6-13(16)3/h5-6,8-11,18H,4,7H2,1-3H3. The summed E-state index contributed by atoms with van der Waals surface area (Å²) < 4.78 is 5.91. The number of hydrogen-bond donors (Lipinski definition) is 1. The molecule has 0 atom stereocenters. The maximum Gasteiger partial charge on any atom is 0.147 e. The van der Waals surface area contributed by atoms with Crippen LogP contribution in [0.5, 0.6) is 11.5 Å². The first-order valence-electron chi connectivity index (χ1n) is 6.63. The van der Waals surface area contributed by atoms with E-state index < -0.39 is 0 Å². The molecule has 3 nitrogen and oxygen atoms in total. The average Bonchev–Trinajstić information content (AvgIpc) is 2.41. The van der Waals surface area contributed by atoms with Crippen molar-refractivity contribution in [1.29, 1.82) is 0 Å². The van der Waals surface area contributed by atoms with Gasteiger partial charge in [-0.25, -0.2) is 0 Å². The molecule has 0 aliphatic rings. The lowest BCUT2D eigenvalue weighted by Crippen LogP contribution is -2.00. The zero-order valence-corrected chi connectivity index (χ0v) is 11.7. The number of nitrogens with zero attached hydrogens (tertiary/aromatic N) is 1. The molecule has 3 heteroatoms. The highest BCUT2D eigenvalue weighted by Crippen LogP contribution is 2.26. The maximum atomic E-state index is 5.91. The molecule has 100 valence electrons. The van der Waals surface area contributed by atoms with Gasteiger partial charge in [0.05, 0.1) is 18.1 Å². The molecule has 0 unspecified atom stereocenters. The Labute approximate surface area is 114 Å². The van der Waals surface area contributed by atoms with Crippen molar-refractivity contribution in [2.24, 2.45) is 0 Å². The largest absolute Gasteiger partial charge is 0.455 e. The molecule has 19 heavy (non-hydrogen) atoms. The van der Waals surface area contributed by atoms with Gasteiger partial charge in [0.1, 0.15) is 11.5 Å². The fourth-order valence-electron chi connectivity index (χ4n) is 1.78.